The Hall–Kier alpha value is -0.650. The number of likely N-dealkylation sites (tertiary alicyclic amines) is 1. The number of nitrogens with one attached hydrogen (secondary N) is 1. The van der Waals surface area contributed by atoms with E-state index in [0.29, 0.717) is 19.1 Å². The number of nitrogens with zero attached hydrogens (tertiary/aromatic N) is 1. The van der Waals surface area contributed by atoms with Crippen LogP contribution in [0.1, 0.15) is 46.5 Å². The SMILES string of the molecule is CCO[C@@H]1C[C@H](O)C12CCN(C(=O)CCNC(C)C)CC2. The van der Waals surface area contributed by atoms with E-state index >= 15 is 0 Å². The Kier molecular flexibility index (Phi) is 5.63. The highest BCUT2D eigenvalue weighted by Crippen LogP contribution is 2.50. The third kappa shape index (κ3) is 3.58. The van der Waals surface area contributed by atoms with Crippen molar-refractivity contribution in [2.45, 2.75) is 64.7 Å². The van der Waals surface area contributed by atoms with Crippen LogP contribution in [0.3, 0.4) is 0 Å². The van der Waals surface area contributed by atoms with E-state index in [1.54, 1.807) is 0 Å². The van der Waals surface area contributed by atoms with Gasteiger partial charge in [-0.3, -0.25) is 4.79 Å². The van der Waals surface area contributed by atoms with E-state index in [-0.39, 0.29) is 23.5 Å². The van der Waals surface area contributed by atoms with Crippen LogP contribution >= 0.6 is 0 Å². The number of amides is 1. The summed E-state index contributed by atoms with van der Waals surface area (Å²) in [4.78, 5) is 14.1. The van der Waals surface area contributed by atoms with Crippen molar-refractivity contribution in [3.63, 3.8) is 0 Å². The summed E-state index contributed by atoms with van der Waals surface area (Å²) in [6.45, 7) is 9.11. The molecule has 1 saturated carbocycles. The number of rotatable bonds is 6. The van der Waals surface area contributed by atoms with Crippen molar-refractivity contribution >= 4 is 5.91 Å². The van der Waals surface area contributed by atoms with Gasteiger partial charge < -0.3 is 20.1 Å². The van der Waals surface area contributed by atoms with Crippen LogP contribution < -0.4 is 5.32 Å². The number of hydrogen-bond donors (Lipinski definition) is 2. The Morgan fingerprint density at radius 3 is 2.62 bits per heavy atom. The van der Waals surface area contributed by atoms with Gasteiger partial charge in [-0.1, -0.05) is 13.8 Å². The first kappa shape index (κ1) is 16.7. The molecule has 2 atom stereocenters. The fraction of sp³-hybridized carbons (Fsp3) is 0.938. The van der Waals surface area contributed by atoms with E-state index in [1.165, 1.54) is 0 Å². The average molecular weight is 298 g/mol. The second-order valence-corrected chi connectivity index (χ2v) is 6.67. The molecule has 5 nitrogen and oxygen atoms in total. The van der Waals surface area contributed by atoms with Crippen molar-refractivity contribution < 1.29 is 14.6 Å². The molecule has 2 N–H and O–H groups in total. The van der Waals surface area contributed by atoms with Gasteiger partial charge in [0.2, 0.25) is 5.91 Å². The lowest BCUT2D eigenvalue weighted by molar-refractivity contribution is -0.210. The summed E-state index contributed by atoms with van der Waals surface area (Å²) >= 11 is 0. The van der Waals surface area contributed by atoms with Crippen LogP contribution in [0.4, 0.5) is 0 Å². The van der Waals surface area contributed by atoms with Crippen LogP contribution in [0.2, 0.25) is 0 Å². The summed E-state index contributed by atoms with van der Waals surface area (Å²) in [5.74, 6) is 0.222. The average Bonchev–Trinajstić information content (AvgIpc) is 2.47. The van der Waals surface area contributed by atoms with Crippen molar-refractivity contribution in [1.82, 2.24) is 10.2 Å². The van der Waals surface area contributed by atoms with Gasteiger partial charge in [0.25, 0.3) is 0 Å². The molecule has 0 radical (unpaired) electrons. The Labute approximate surface area is 128 Å². The molecule has 5 heteroatoms. The zero-order valence-corrected chi connectivity index (χ0v) is 13.6. The quantitative estimate of drug-likeness (QED) is 0.772. The van der Waals surface area contributed by atoms with Gasteiger partial charge in [-0.25, -0.2) is 0 Å². The molecule has 0 aromatic heterocycles. The molecule has 0 aromatic carbocycles. The molecule has 1 spiro atoms. The number of piperidine rings is 1. The van der Waals surface area contributed by atoms with E-state index < -0.39 is 0 Å². The first-order valence-electron chi connectivity index (χ1n) is 8.30. The monoisotopic (exact) mass is 298 g/mol. The van der Waals surface area contributed by atoms with Gasteiger partial charge in [-0.2, -0.15) is 0 Å². The highest BCUT2D eigenvalue weighted by molar-refractivity contribution is 5.76. The Morgan fingerprint density at radius 1 is 1.43 bits per heavy atom. The van der Waals surface area contributed by atoms with Crippen LogP contribution in [0.15, 0.2) is 0 Å². The summed E-state index contributed by atoms with van der Waals surface area (Å²) in [7, 11) is 0. The maximum Gasteiger partial charge on any atom is 0.223 e. The Balaban J connectivity index is 1.78. The molecule has 0 bridgehead atoms. The molecule has 1 saturated heterocycles. The van der Waals surface area contributed by atoms with E-state index in [2.05, 4.69) is 19.2 Å². The summed E-state index contributed by atoms with van der Waals surface area (Å²) in [6.07, 6.45) is 2.96. The standard InChI is InChI=1S/C16H30N2O3/c1-4-21-14-11-13(19)16(14)6-9-18(10-7-16)15(20)5-8-17-12(2)3/h12-14,17,19H,4-11H2,1-3H3/t13-,14+/m0/s1. The van der Waals surface area contributed by atoms with E-state index in [9.17, 15) is 9.90 Å². The molecular formula is C16H30N2O3. The van der Waals surface area contributed by atoms with E-state index in [1.807, 2.05) is 11.8 Å². The predicted octanol–water partition coefficient (Wildman–Crippen LogP) is 1.15. The molecule has 2 rings (SSSR count). The van der Waals surface area contributed by atoms with Crippen molar-refractivity contribution in [2.24, 2.45) is 5.41 Å². The molecule has 0 aromatic rings. The maximum absolute atomic E-state index is 12.2. The van der Waals surface area contributed by atoms with Crippen molar-refractivity contribution in [3.8, 4) is 0 Å². The van der Waals surface area contributed by atoms with Crippen LogP contribution in [0.25, 0.3) is 0 Å². The topological polar surface area (TPSA) is 61.8 Å². The number of hydrogen-bond acceptors (Lipinski definition) is 4. The number of carbonyl (C=O) groups is 1. The first-order valence-corrected chi connectivity index (χ1v) is 8.30. The maximum atomic E-state index is 12.2. The van der Waals surface area contributed by atoms with Gasteiger partial charge in [0.1, 0.15) is 0 Å². The second-order valence-electron chi connectivity index (χ2n) is 6.67. The minimum Gasteiger partial charge on any atom is -0.392 e. The second kappa shape index (κ2) is 7.07. The molecule has 122 valence electrons. The van der Waals surface area contributed by atoms with Crippen LogP contribution in [0.5, 0.6) is 0 Å². The number of ether oxygens (including phenoxy) is 1. The van der Waals surface area contributed by atoms with Gasteiger partial charge >= 0.3 is 0 Å². The minimum absolute atomic E-state index is 0.0943. The molecule has 1 amide bonds. The number of carbonyl (C=O) groups excluding carboxylic acids is 1. The number of aliphatic hydroxyl groups is 1. The van der Waals surface area contributed by atoms with Crippen LogP contribution in [-0.2, 0) is 9.53 Å². The van der Waals surface area contributed by atoms with Gasteiger partial charge in [0.05, 0.1) is 12.2 Å². The molecule has 1 heterocycles. The van der Waals surface area contributed by atoms with Gasteiger partial charge in [-0.15, -0.1) is 0 Å². The molecule has 2 aliphatic rings. The van der Waals surface area contributed by atoms with Gasteiger partial charge in [-0.05, 0) is 19.8 Å². The van der Waals surface area contributed by atoms with Gasteiger partial charge in [0.15, 0.2) is 0 Å². The molecule has 1 aliphatic heterocycles. The smallest absolute Gasteiger partial charge is 0.223 e. The summed E-state index contributed by atoms with van der Waals surface area (Å²) in [5.41, 5.74) is -0.0943. The fourth-order valence-electron chi connectivity index (χ4n) is 3.61. The summed E-state index contributed by atoms with van der Waals surface area (Å²) in [5, 5.41) is 13.4. The molecule has 2 fully saturated rings. The van der Waals surface area contributed by atoms with Crippen LogP contribution in [-0.4, -0.2) is 60.4 Å². The van der Waals surface area contributed by atoms with Crippen molar-refractivity contribution in [3.05, 3.63) is 0 Å². The number of aliphatic hydroxyl groups excluding tert-OH is 1. The highest BCUT2D eigenvalue weighted by Gasteiger charge is 2.56. The lowest BCUT2D eigenvalue weighted by Gasteiger charge is -2.56. The fourth-order valence-corrected chi connectivity index (χ4v) is 3.61. The normalized spacial score (nSPS) is 28.0. The lowest BCUT2D eigenvalue weighted by Crippen LogP contribution is -2.62. The van der Waals surface area contributed by atoms with Crippen molar-refractivity contribution in [1.29, 1.82) is 0 Å². The molecule has 0 unspecified atom stereocenters. The van der Waals surface area contributed by atoms with Crippen LogP contribution in [0, 0.1) is 5.41 Å². The first-order chi connectivity index (χ1) is 9.99. The predicted molar refractivity (Wildman–Crippen MR) is 82.0 cm³/mol. The summed E-state index contributed by atoms with van der Waals surface area (Å²) in [6, 6.07) is 0.416. The van der Waals surface area contributed by atoms with E-state index in [0.717, 1.165) is 38.9 Å². The van der Waals surface area contributed by atoms with Crippen molar-refractivity contribution in [2.75, 3.05) is 26.2 Å². The molecule has 1 aliphatic carbocycles. The highest BCUT2D eigenvalue weighted by atomic mass is 16.5. The minimum atomic E-state index is -0.256. The molecular weight excluding hydrogens is 268 g/mol. The third-order valence-corrected chi connectivity index (χ3v) is 5.05. The lowest BCUT2D eigenvalue weighted by atomic mass is 9.58. The van der Waals surface area contributed by atoms with E-state index in [4.69, 9.17) is 4.74 Å². The van der Waals surface area contributed by atoms with Gasteiger partial charge in [0, 0.05) is 50.5 Å². The zero-order valence-electron chi connectivity index (χ0n) is 13.6. The largest absolute Gasteiger partial charge is 0.392 e. The summed E-state index contributed by atoms with van der Waals surface area (Å²) < 4.78 is 5.76. The Bertz CT molecular complexity index is 349. The zero-order chi connectivity index (χ0) is 15.5. The Morgan fingerprint density at radius 2 is 2.10 bits per heavy atom. The molecule has 21 heavy (non-hydrogen) atoms. The third-order valence-electron chi connectivity index (χ3n) is 5.05.